The molecule has 0 aliphatic carbocycles. The largest absolute Gasteiger partial charge is 0.481 e. The number of nitrogens with zero attached hydrogens (tertiary/aromatic N) is 4. The highest BCUT2D eigenvalue weighted by Crippen LogP contribution is 2.09. The second-order valence-electron chi connectivity index (χ2n) is 5.67. The van der Waals surface area contributed by atoms with Crippen molar-refractivity contribution in [3.05, 3.63) is 47.5 Å². The molecule has 0 spiro atoms. The molecule has 0 atom stereocenters. The van der Waals surface area contributed by atoms with Crippen LogP contribution in [-0.4, -0.2) is 49.5 Å². The molecule has 1 aromatic carbocycles. The summed E-state index contributed by atoms with van der Waals surface area (Å²) < 4.78 is 14.6. The topological polar surface area (TPSA) is 88.3 Å². The van der Waals surface area contributed by atoms with Crippen molar-refractivity contribution in [1.29, 1.82) is 0 Å². The molecule has 0 fully saturated rings. The van der Waals surface area contributed by atoms with Crippen molar-refractivity contribution in [3.8, 4) is 0 Å². The molecule has 0 radical (unpaired) electrons. The Morgan fingerprint density at radius 2 is 2.12 bits per heavy atom. The number of hydrogen-bond donors (Lipinski definition) is 1. The van der Waals surface area contributed by atoms with E-state index in [0.29, 0.717) is 5.56 Å². The molecule has 8 heteroatoms. The monoisotopic (exact) mass is 334 g/mol. The minimum atomic E-state index is -0.969. The summed E-state index contributed by atoms with van der Waals surface area (Å²) in [6.07, 6.45) is 1.34. The zero-order chi connectivity index (χ0) is 17.7. The number of halogens is 1. The second kappa shape index (κ2) is 7.67. The van der Waals surface area contributed by atoms with Crippen molar-refractivity contribution in [2.45, 2.75) is 32.9 Å². The Kier molecular flexibility index (Phi) is 5.62. The molecule has 0 bridgehead atoms. The van der Waals surface area contributed by atoms with Gasteiger partial charge in [0.1, 0.15) is 5.82 Å². The van der Waals surface area contributed by atoms with Gasteiger partial charge in [-0.05, 0) is 31.5 Å². The molecule has 0 aliphatic heterocycles. The van der Waals surface area contributed by atoms with Gasteiger partial charge >= 0.3 is 5.97 Å². The van der Waals surface area contributed by atoms with E-state index in [2.05, 4.69) is 10.3 Å². The van der Waals surface area contributed by atoms with Crippen LogP contribution >= 0.6 is 0 Å². The number of rotatable bonds is 7. The molecule has 0 aliphatic rings. The van der Waals surface area contributed by atoms with Crippen LogP contribution in [0.2, 0.25) is 0 Å². The highest BCUT2D eigenvalue weighted by molar-refractivity contribution is 5.92. The van der Waals surface area contributed by atoms with Crippen LogP contribution in [-0.2, 0) is 11.3 Å². The fourth-order valence-corrected chi connectivity index (χ4v) is 2.25. The lowest BCUT2D eigenvalue weighted by Gasteiger charge is -2.25. The molecule has 1 N–H and O–H groups in total. The molecule has 1 heterocycles. The number of carbonyl (C=O) groups is 2. The number of aliphatic carboxylic acids is 1. The molecule has 1 aromatic heterocycles. The van der Waals surface area contributed by atoms with Crippen molar-refractivity contribution in [2.75, 3.05) is 6.54 Å². The third-order valence-corrected chi connectivity index (χ3v) is 3.44. The summed E-state index contributed by atoms with van der Waals surface area (Å²) in [5.74, 6) is -1.69. The molecule has 24 heavy (non-hydrogen) atoms. The summed E-state index contributed by atoms with van der Waals surface area (Å²) in [5, 5.41) is 16.5. The highest BCUT2D eigenvalue weighted by atomic mass is 19.1. The van der Waals surface area contributed by atoms with Gasteiger partial charge in [0.15, 0.2) is 5.69 Å². The molecule has 0 unspecified atom stereocenters. The van der Waals surface area contributed by atoms with Gasteiger partial charge in [-0.1, -0.05) is 17.3 Å². The summed E-state index contributed by atoms with van der Waals surface area (Å²) in [6, 6.07) is 5.92. The lowest BCUT2D eigenvalue weighted by atomic mass is 10.2. The van der Waals surface area contributed by atoms with E-state index in [4.69, 9.17) is 5.11 Å². The van der Waals surface area contributed by atoms with Gasteiger partial charge in [-0.15, -0.1) is 5.10 Å². The van der Waals surface area contributed by atoms with Gasteiger partial charge in [-0.25, -0.2) is 9.07 Å². The Balaban J connectivity index is 2.10. The fourth-order valence-electron chi connectivity index (χ4n) is 2.25. The van der Waals surface area contributed by atoms with Crippen molar-refractivity contribution >= 4 is 11.9 Å². The maximum atomic E-state index is 13.2. The standard InChI is InChI=1S/C16H19FN4O3/c1-11(2)21(7-6-15(22)23)16(24)14-10-20(19-18-14)9-12-4-3-5-13(17)8-12/h3-5,8,10-11H,6-7,9H2,1-2H3,(H,22,23). The number of aromatic nitrogens is 3. The maximum Gasteiger partial charge on any atom is 0.305 e. The predicted octanol–water partition coefficient (Wildman–Crippen LogP) is 1.79. The molecular formula is C16H19FN4O3. The average Bonchev–Trinajstić information content (AvgIpc) is 2.95. The van der Waals surface area contributed by atoms with Crippen LogP contribution in [0.15, 0.2) is 30.5 Å². The van der Waals surface area contributed by atoms with Crippen LogP contribution in [0, 0.1) is 5.82 Å². The molecule has 0 saturated carbocycles. The van der Waals surface area contributed by atoms with Gasteiger partial charge in [-0.2, -0.15) is 0 Å². The van der Waals surface area contributed by atoms with Gasteiger partial charge in [-0.3, -0.25) is 9.59 Å². The summed E-state index contributed by atoms with van der Waals surface area (Å²) in [6.45, 7) is 3.99. The maximum absolute atomic E-state index is 13.2. The first-order valence-corrected chi connectivity index (χ1v) is 7.54. The Morgan fingerprint density at radius 3 is 2.75 bits per heavy atom. The van der Waals surface area contributed by atoms with Crippen molar-refractivity contribution < 1.29 is 19.1 Å². The summed E-state index contributed by atoms with van der Waals surface area (Å²) >= 11 is 0. The second-order valence-corrected chi connectivity index (χ2v) is 5.67. The van der Waals surface area contributed by atoms with Gasteiger partial charge in [0.2, 0.25) is 0 Å². The van der Waals surface area contributed by atoms with E-state index >= 15 is 0 Å². The molecule has 0 saturated heterocycles. The summed E-state index contributed by atoms with van der Waals surface area (Å²) in [5.41, 5.74) is 0.830. The van der Waals surface area contributed by atoms with Crippen LogP contribution in [0.25, 0.3) is 0 Å². The lowest BCUT2D eigenvalue weighted by molar-refractivity contribution is -0.137. The third kappa shape index (κ3) is 4.61. The first-order chi connectivity index (χ1) is 11.4. The number of amides is 1. The predicted molar refractivity (Wildman–Crippen MR) is 83.9 cm³/mol. The number of carboxylic acids is 1. The molecule has 2 aromatic rings. The highest BCUT2D eigenvalue weighted by Gasteiger charge is 2.22. The van der Waals surface area contributed by atoms with E-state index in [1.54, 1.807) is 26.0 Å². The Hall–Kier alpha value is -2.77. The number of carboxylic acid groups (broad SMARTS) is 1. The lowest BCUT2D eigenvalue weighted by Crippen LogP contribution is -2.38. The van der Waals surface area contributed by atoms with Gasteiger partial charge in [0, 0.05) is 12.6 Å². The zero-order valence-corrected chi connectivity index (χ0v) is 13.5. The van der Waals surface area contributed by atoms with Gasteiger partial charge in [0.25, 0.3) is 5.91 Å². The quantitative estimate of drug-likeness (QED) is 0.834. The van der Waals surface area contributed by atoms with Crippen LogP contribution in [0.3, 0.4) is 0 Å². The summed E-state index contributed by atoms with van der Waals surface area (Å²) in [7, 11) is 0. The van der Waals surface area contributed by atoms with Crippen LogP contribution in [0.4, 0.5) is 4.39 Å². The molecular weight excluding hydrogens is 315 g/mol. The number of hydrogen-bond acceptors (Lipinski definition) is 4. The van der Waals surface area contributed by atoms with E-state index < -0.39 is 5.97 Å². The molecule has 2 rings (SSSR count). The van der Waals surface area contributed by atoms with Gasteiger partial charge < -0.3 is 10.0 Å². The van der Waals surface area contributed by atoms with Crippen LogP contribution in [0.1, 0.15) is 36.3 Å². The van der Waals surface area contributed by atoms with Crippen molar-refractivity contribution in [3.63, 3.8) is 0 Å². The van der Waals surface area contributed by atoms with Gasteiger partial charge in [0.05, 0.1) is 19.2 Å². The first kappa shape index (κ1) is 17.6. The smallest absolute Gasteiger partial charge is 0.305 e. The molecule has 7 nitrogen and oxygen atoms in total. The van der Waals surface area contributed by atoms with E-state index in [9.17, 15) is 14.0 Å². The Bertz CT molecular complexity index is 730. The van der Waals surface area contributed by atoms with E-state index in [-0.39, 0.29) is 43.0 Å². The van der Waals surface area contributed by atoms with E-state index in [0.717, 1.165) is 0 Å². The summed E-state index contributed by atoms with van der Waals surface area (Å²) in [4.78, 5) is 24.6. The van der Waals surface area contributed by atoms with Crippen molar-refractivity contribution in [1.82, 2.24) is 19.9 Å². The molecule has 1 amide bonds. The third-order valence-electron chi connectivity index (χ3n) is 3.44. The Morgan fingerprint density at radius 1 is 1.38 bits per heavy atom. The minimum absolute atomic E-state index is 0.0998. The molecule has 128 valence electrons. The SMILES string of the molecule is CC(C)N(CCC(=O)O)C(=O)c1cn(Cc2cccc(F)c2)nn1. The van der Waals surface area contributed by atoms with E-state index in [1.165, 1.54) is 27.9 Å². The van der Waals surface area contributed by atoms with E-state index in [1.807, 2.05) is 0 Å². The zero-order valence-electron chi connectivity index (χ0n) is 13.5. The number of carbonyl (C=O) groups excluding carboxylic acids is 1. The van der Waals surface area contributed by atoms with Crippen LogP contribution < -0.4 is 0 Å². The van der Waals surface area contributed by atoms with Crippen molar-refractivity contribution in [2.24, 2.45) is 0 Å². The normalized spacial score (nSPS) is 10.8. The minimum Gasteiger partial charge on any atom is -0.481 e. The average molecular weight is 334 g/mol. The Labute approximate surface area is 138 Å². The first-order valence-electron chi connectivity index (χ1n) is 7.54. The van der Waals surface area contributed by atoms with Crippen LogP contribution in [0.5, 0.6) is 0 Å². The fraction of sp³-hybridized carbons (Fsp3) is 0.375. The number of benzene rings is 1.